The van der Waals surface area contributed by atoms with E-state index in [4.69, 9.17) is 0 Å². The fourth-order valence-corrected chi connectivity index (χ4v) is 3.29. The van der Waals surface area contributed by atoms with E-state index in [1.807, 2.05) is 13.8 Å². The molecule has 2 aliphatic carbocycles. The van der Waals surface area contributed by atoms with Crippen LogP contribution >= 0.6 is 0 Å². The van der Waals surface area contributed by atoms with E-state index < -0.39 is 0 Å². The lowest BCUT2D eigenvalue weighted by Gasteiger charge is -2.24. The molecule has 1 amide bonds. The highest BCUT2D eigenvalue weighted by Crippen LogP contribution is 2.50. The Morgan fingerprint density at radius 3 is 2.43 bits per heavy atom. The number of nitrogens with one attached hydrogen (secondary N) is 1. The van der Waals surface area contributed by atoms with Crippen molar-refractivity contribution in [1.29, 1.82) is 0 Å². The number of hydrogen-bond acceptors (Lipinski definition) is 3. The maximum Gasteiger partial charge on any atom is 0.270 e. The van der Waals surface area contributed by atoms with Crippen LogP contribution in [0.3, 0.4) is 0 Å². The molecule has 3 rings (SSSR count). The van der Waals surface area contributed by atoms with E-state index in [0.29, 0.717) is 23.4 Å². The third kappa shape index (κ3) is 3.01. The summed E-state index contributed by atoms with van der Waals surface area (Å²) in [5.41, 5.74) is 0.530. The van der Waals surface area contributed by atoms with Crippen LogP contribution in [0.5, 0.6) is 0 Å². The maximum atomic E-state index is 12.5. The van der Waals surface area contributed by atoms with Gasteiger partial charge in [0.1, 0.15) is 12.0 Å². The minimum atomic E-state index is -0.354. The number of amides is 1. The maximum absolute atomic E-state index is 12.5. The quantitative estimate of drug-likeness (QED) is 0.783. The molecular formula is C16H23N3O2. The minimum absolute atomic E-state index is 0.123. The normalized spacial score (nSPS) is 19.8. The summed E-state index contributed by atoms with van der Waals surface area (Å²) in [5, 5.41) is 7.12. The Morgan fingerprint density at radius 2 is 1.95 bits per heavy atom. The van der Waals surface area contributed by atoms with Crippen LogP contribution in [-0.2, 0) is 4.79 Å². The Balaban J connectivity index is 1.72. The average molecular weight is 289 g/mol. The smallest absolute Gasteiger partial charge is 0.270 e. The average Bonchev–Trinajstić information content (AvgIpc) is 3.38. The molecule has 1 atom stereocenters. The highest BCUT2D eigenvalue weighted by atomic mass is 16.2. The topological polar surface area (TPSA) is 64.0 Å². The van der Waals surface area contributed by atoms with Crippen LogP contribution < -0.4 is 5.32 Å². The predicted octanol–water partition coefficient (Wildman–Crippen LogP) is 2.20. The van der Waals surface area contributed by atoms with Crippen LogP contribution in [0.25, 0.3) is 0 Å². The zero-order valence-corrected chi connectivity index (χ0v) is 12.7. The van der Waals surface area contributed by atoms with Gasteiger partial charge in [0.25, 0.3) is 5.91 Å². The lowest BCUT2D eigenvalue weighted by Crippen LogP contribution is -2.44. The number of carbonyl (C=O) groups excluding carboxylic acids is 2. The largest absolute Gasteiger partial charge is 0.341 e. The van der Waals surface area contributed by atoms with Crippen LogP contribution in [-0.4, -0.2) is 28.0 Å². The van der Waals surface area contributed by atoms with Gasteiger partial charge in [-0.15, -0.1) is 0 Å². The second-order valence-electron chi connectivity index (χ2n) is 6.64. The standard InChI is InChI=1S/C16H23N3O2/c1-10(2)19-14(7-8-17-19)16(21)18-13(9-20)15(11-3-4-11)12-5-6-12/h7-13,15H,3-6H2,1-2H3,(H,18,21). The van der Waals surface area contributed by atoms with Crippen molar-refractivity contribution in [2.45, 2.75) is 51.6 Å². The highest BCUT2D eigenvalue weighted by molar-refractivity contribution is 5.94. The van der Waals surface area contributed by atoms with E-state index in [2.05, 4.69) is 10.4 Å². The highest BCUT2D eigenvalue weighted by Gasteiger charge is 2.46. The molecule has 21 heavy (non-hydrogen) atoms. The number of aromatic nitrogens is 2. The molecule has 1 aromatic heterocycles. The first-order valence-electron chi connectivity index (χ1n) is 7.91. The Bertz CT molecular complexity index is 517. The van der Waals surface area contributed by atoms with Crippen LogP contribution in [0.2, 0.25) is 0 Å². The van der Waals surface area contributed by atoms with Crippen molar-refractivity contribution in [3.8, 4) is 0 Å². The third-order valence-electron chi connectivity index (χ3n) is 4.58. The second kappa shape index (κ2) is 5.62. The van der Waals surface area contributed by atoms with Gasteiger partial charge in [-0.3, -0.25) is 9.48 Å². The molecule has 0 saturated heterocycles. The van der Waals surface area contributed by atoms with Crippen molar-refractivity contribution in [3.63, 3.8) is 0 Å². The number of rotatable bonds is 7. The molecule has 5 nitrogen and oxygen atoms in total. The molecule has 0 radical (unpaired) electrons. The molecule has 2 aliphatic rings. The molecule has 1 aromatic rings. The van der Waals surface area contributed by atoms with E-state index in [0.717, 1.165) is 6.29 Å². The van der Waals surface area contributed by atoms with Gasteiger partial charge in [0.15, 0.2) is 0 Å². The van der Waals surface area contributed by atoms with Crippen LogP contribution in [0.4, 0.5) is 0 Å². The van der Waals surface area contributed by atoms with Crippen molar-refractivity contribution in [3.05, 3.63) is 18.0 Å². The minimum Gasteiger partial charge on any atom is -0.341 e. The Kier molecular flexibility index (Phi) is 3.83. The summed E-state index contributed by atoms with van der Waals surface area (Å²) >= 11 is 0. The van der Waals surface area contributed by atoms with Crippen molar-refractivity contribution in [1.82, 2.24) is 15.1 Å². The Labute approximate surface area is 125 Å². The molecule has 1 N–H and O–H groups in total. The van der Waals surface area contributed by atoms with E-state index in [1.54, 1.807) is 16.9 Å². The van der Waals surface area contributed by atoms with Gasteiger partial charge < -0.3 is 10.1 Å². The summed E-state index contributed by atoms with van der Waals surface area (Å²) < 4.78 is 1.69. The molecule has 0 aromatic carbocycles. The summed E-state index contributed by atoms with van der Waals surface area (Å²) in [7, 11) is 0. The van der Waals surface area contributed by atoms with Crippen molar-refractivity contribution in [2.24, 2.45) is 17.8 Å². The number of aldehydes is 1. The first kappa shape index (κ1) is 14.3. The molecular weight excluding hydrogens is 266 g/mol. The second-order valence-corrected chi connectivity index (χ2v) is 6.64. The molecule has 5 heteroatoms. The fraction of sp³-hybridized carbons (Fsp3) is 0.688. The zero-order chi connectivity index (χ0) is 15.0. The molecule has 0 spiro atoms. The summed E-state index contributed by atoms with van der Waals surface area (Å²) in [6.45, 7) is 3.97. The molecule has 2 fully saturated rings. The van der Waals surface area contributed by atoms with Crippen LogP contribution in [0, 0.1) is 17.8 Å². The monoisotopic (exact) mass is 289 g/mol. The Morgan fingerprint density at radius 1 is 1.33 bits per heavy atom. The van der Waals surface area contributed by atoms with Crippen LogP contribution in [0.1, 0.15) is 56.1 Å². The summed E-state index contributed by atoms with van der Waals surface area (Å²) in [4.78, 5) is 24.0. The zero-order valence-electron chi connectivity index (χ0n) is 12.7. The van der Waals surface area contributed by atoms with Crippen molar-refractivity contribution < 1.29 is 9.59 Å². The fourth-order valence-electron chi connectivity index (χ4n) is 3.29. The van der Waals surface area contributed by atoms with Crippen LogP contribution in [0.15, 0.2) is 12.3 Å². The van der Waals surface area contributed by atoms with Gasteiger partial charge in [-0.05, 0) is 63.4 Å². The Hall–Kier alpha value is -1.65. The van der Waals surface area contributed by atoms with Gasteiger partial charge in [-0.2, -0.15) is 5.10 Å². The third-order valence-corrected chi connectivity index (χ3v) is 4.58. The molecule has 114 valence electrons. The summed E-state index contributed by atoms with van der Waals surface area (Å²) in [5.74, 6) is 1.40. The van der Waals surface area contributed by atoms with Gasteiger partial charge in [0, 0.05) is 12.2 Å². The van der Waals surface area contributed by atoms with E-state index in [9.17, 15) is 9.59 Å². The lowest BCUT2D eigenvalue weighted by molar-refractivity contribution is -0.110. The first-order valence-corrected chi connectivity index (χ1v) is 7.91. The molecule has 0 bridgehead atoms. The van der Waals surface area contributed by atoms with Gasteiger partial charge >= 0.3 is 0 Å². The van der Waals surface area contributed by atoms with Crippen molar-refractivity contribution >= 4 is 12.2 Å². The van der Waals surface area contributed by atoms with E-state index in [1.165, 1.54) is 25.7 Å². The summed E-state index contributed by atoms with van der Waals surface area (Å²) in [6.07, 6.45) is 7.35. The number of hydrogen-bond donors (Lipinski definition) is 1. The number of nitrogens with zero attached hydrogens (tertiary/aromatic N) is 2. The van der Waals surface area contributed by atoms with E-state index in [-0.39, 0.29) is 18.0 Å². The SMILES string of the molecule is CC(C)n1nccc1C(=O)NC(C=O)C(C1CC1)C1CC1. The van der Waals surface area contributed by atoms with Crippen molar-refractivity contribution in [2.75, 3.05) is 0 Å². The molecule has 2 saturated carbocycles. The van der Waals surface area contributed by atoms with E-state index >= 15 is 0 Å². The molecule has 0 aliphatic heterocycles. The molecule has 1 heterocycles. The molecule has 1 unspecified atom stereocenters. The first-order chi connectivity index (χ1) is 10.1. The predicted molar refractivity (Wildman–Crippen MR) is 78.9 cm³/mol. The lowest BCUT2D eigenvalue weighted by atomic mass is 9.90. The summed E-state index contributed by atoms with van der Waals surface area (Å²) in [6, 6.07) is 1.48. The van der Waals surface area contributed by atoms with Gasteiger partial charge in [0.2, 0.25) is 0 Å². The van der Waals surface area contributed by atoms with Gasteiger partial charge in [-0.25, -0.2) is 0 Å². The number of carbonyl (C=O) groups is 2. The van der Waals surface area contributed by atoms with Gasteiger partial charge in [-0.1, -0.05) is 0 Å². The van der Waals surface area contributed by atoms with Gasteiger partial charge in [0.05, 0.1) is 6.04 Å².